The number of likely N-dealkylation sites (tertiary alicyclic amines) is 1. The highest BCUT2D eigenvalue weighted by atomic mass is 35.5. The number of hydrogen-bond acceptors (Lipinski definition) is 4. The van der Waals surface area contributed by atoms with Gasteiger partial charge >= 0.3 is 6.03 Å². The average molecular weight is 431 g/mol. The highest BCUT2D eigenvalue weighted by molar-refractivity contribution is 6.30. The molecule has 9 nitrogen and oxygen atoms in total. The highest BCUT2D eigenvalue weighted by Crippen LogP contribution is 2.34. The van der Waals surface area contributed by atoms with Gasteiger partial charge in [-0.25, -0.2) is 4.79 Å². The van der Waals surface area contributed by atoms with Crippen molar-refractivity contribution < 1.29 is 14.4 Å². The van der Waals surface area contributed by atoms with Gasteiger partial charge in [0, 0.05) is 44.0 Å². The first-order valence-corrected chi connectivity index (χ1v) is 10.0. The van der Waals surface area contributed by atoms with E-state index in [1.807, 2.05) is 0 Å². The molecule has 0 aliphatic carbocycles. The average Bonchev–Trinajstić information content (AvgIpc) is 3.32. The van der Waals surface area contributed by atoms with Gasteiger partial charge in [-0.05, 0) is 30.7 Å². The number of benzene rings is 1. The van der Waals surface area contributed by atoms with Gasteiger partial charge in [-0.3, -0.25) is 14.3 Å². The molecule has 1 aromatic carbocycles. The lowest BCUT2D eigenvalue weighted by Crippen LogP contribution is -2.67. The predicted molar refractivity (Wildman–Crippen MR) is 112 cm³/mol. The Hall–Kier alpha value is -3.07. The van der Waals surface area contributed by atoms with Crippen LogP contribution in [0.15, 0.2) is 36.7 Å². The molecule has 1 spiro atoms. The number of urea groups is 1. The Morgan fingerprint density at radius 3 is 2.57 bits per heavy atom. The summed E-state index contributed by atoms with van der Waals surface area (Å²) in [5.74, 6) is -0.331. The minimum atomic E-state index is -0.632. The van der Waals surface area contributed by atoms with E-state index < -0.39 is 5.54 Å². The van der Waals surface area contributed by atoms with Crippen molar-refractivity contribution in [3.8, 4) is 0 Å². The number of nitrogens with zero attached hydrogens (tertiary/aromatic N) is 5. The number of amides is 4. The van der Waals surface area contributed by atoms with Crippen LogP contribution in [0.1, 0.15) is 13.3 Å². The van der Waals surface area contributed by atoms with Crippen molar-refractivity contribution in [1.29, 1.82) is 0 Å². The molecule has 3 heterocycles. The topological polar surface area (TPSA) is 90.8 Å². The molecule has 2 fully saturated rings. The number of carbonyl (C=O) groups excluding carboxylic acids is 3. The van der Waals surface area contributed by atoms with Gasteiger partial charge in [-0.1, -0.05) is 11.6 Å². The zero-order chi connectivity index (χ0) is 21.5. The van der Waals surface area contributed by atoms with Crippen molar-refractivity contribution in [2.75, 3.05) is 36.4 Å². The van der Waals surface area contributed by atoms with Crippen LogP contribution in [0.4, 0.5) is 16.2 Å². The second kappa shape index (κ2) is 7.64. The van der Waals surface area contributed by atoms with Crippen LogP contribution >= 0.6 is 11.6 Å². The Morgan fingerprint density at radius 2 is 1.93 bits per heavy atom. The van der Waals surface area contributed by atoms with E-state index in [4.69, 9.17) is 11.6 Å². The van der Waals surface area contributed by atoms with Crippen molar-refractivity contribution >= 4 is 40.8 Å². The van der Waals surface area contributed by atoms with Crippen LogP contribution in [0.5, 0.6) is 0 Å². The Morgan fingerprint density at radius 1 is 1.20 bits per heavy atom. The largest absolute Gasteiger partial charge is 0.324 e. The Labute approximate surface area is 179 Å². The zero-order valence-corrected chi connectivity index (χ0v) is 17.6. The van der Waals surface area contributed by atoms with Gasteiger partial charge in [0.25, 0.3) is 0 Å². The lowest BCUT2D eigenvalue weighted by Gasteiger charge is -2.47. The van der Waals surface area contributed by atoms with Crippen molar-refractivity contribution in [3.05, 3.63) is 41.7 Å². The Kier molecular flexibility index (Phi) is 5.15. The molecule has 158 valence electrons. The molecule has 1 N–H and O–H groups in total. The molecule has 2 aromatic rings. The molecule has 1 aromatic heterocycles. The fourth-order valence-electron chi connectivity index (χ4n) is 4.20. The fourth-order valence-corrected chi connectivity index (χ4v) is 4.33. The summed E-state index contributed by atoms with van der Waals surface area (Å²) in [5.41, 5.74) is 0.700. The first kappa shape index (κ1) is 20.2. The molecular weight excluding hydrogens is 408 g/mol. The number of carbonyl (C=O) groups is 3. The summed E-state index contributed by atoms with van der Waals surface area (Å²) < 4.78 is 1.63. The smallest absolute Gasteiger partial charge is 0.321 e. The quantitative estimate of drug-likeness (QED) is 0.788. The van der Waals surface area contributed by atoms with E-state index in [1.165, 1.54) is 6.92 Å². The molecule has 10 heteroatoms. The van der Waals surface area contributed by atoms with Crippen LogP contribution in [0, 0.1) is 0 Å². The third kappa shape index (κ3) is 3.72. The molecule has 2 aliphatic heterocycles. The number of aryl methyl sites for hydroxylation is 1. The van der Waals surface area contributed by atoms with E-state index in [0.717, 1.165) is 0 Å². The maximum absolute atomic E-state index is 12.8. The summed E-state index contributed by atoms with van der Waals surface area (Å²) >= 11 is 5.90. The summed E-state index contributed by atoms with van der Waals surface area (Å²) in [6, 6.07) is 6.63. The third-order valence-corrected chi connectivity index (χ3v) is 5.97. The second-order valence-corrected chi connectivity index (χ2v) is 8.23. The van der Waals surface area contributed by atoms with Crippen molar-refractivity contribution in [1.82, 2.24) is 19.6 Å². The first-order chi connectivity index (χ1) is 14.3. The Balaban J connectivity index is 1.54. The van der Waals surface area contributed by atoms with E-state index in [-0.39, 0.29) is 24.4 Å². The van der Waals surface area contributed by atoms with Crippen molar-refractivity contribution in [2.24, 2.45) is 7.05 Å². The van der Waals surface area contributed by atoms with Crippen molar-refractivity contribution in [2.45, 2.75) is 18.9 Å². The summed E-state index contributed by atoms with van der Waals surface area (Å²) in [6.07, 6.45) is 3.99. The van der Waals surface area contributed by atoms with E-state index in [0.29, 0.717) is 42.5 Å². The summed E-state index contributed by atoms with van der Waals surface area (Å²) in [5, 5.41) is 7.60. The lowest BCUT2D eigenvalue weighted by molar-refractivity contribution is -0.142. The SMILES string of the molecule is CC(=O)N1CC(=O)N(c2cnn(C)c2)C[C@@]12CCN(C(=O)Nc1ccc(Cl)cc1)C2. The maximum Gasteiger partial charge on any atom is 0.321 e. The minimum Gasteiger partial charge on any atom is -0.324 e. The monoisotopic (exact) mass is 430 g/mol. The van der Waals surface area contributed by atoms with Crippen LogP contribution in [-0.2, 0) is 16.6 Å². The third-order valence-electron chi connectivity index (χ3n) is 5.72. The number of anilines is 2. The van der Waals surface area contributed by atoms with Crippen LogP contribution in [0.3, 0.4) is 0 Å². The minimum absolute atomic E-state index is 0.0170. The summed E-state index contributed by atoms with van der Waals surface area (Å²) in [6.45, 7) is 2.60. The lowest BCUT2D eigenvalue weighted by atomic mass is 9.92. The highest BCUT2D eigenvalue weighted by Gasteiger charge is 2.51. The molecule has 4 rings (SSSR count). The fraction of sp³-hybridized carbons (Fsp3) is 0.400. The standard InChI is InChI=1S/C20H23ClN6O3/c1-14(28)27-11-18(29)26(17-9-22-24(2)10-17)13-20(27)7-8-25(12-20)19(30)23-16-5-3-15(21)4-6-16/h3-6,9-10H,7-8,11-13H2,1-2H3,(H,23,30)/t20-/m0/s1. The summed E-state index contributed by atoms with van der Waals surface area (Å²) in [7, 11) is 1.79. The number of nitrogens with one attached hydrogen (secondary N) is 1. The molecule has 0 bridgehead atoms. The van der Waals surface area contributed by atoms with Gasteiger partial charge < -0.3 is 20.0 Å². The van der Waals surface area contributed by atoms with E-state index in [2.05, 4.69) is 10.4 Å². The van der Waals surface area contributed by atoms with Gasteiger partial charge in [0.1, 0.15) is 6.54 Å². The molecule has 2 aliphatic rings. The summed E-state index contributed by atoms with van der Waals surface area (Å²) in [4.78, 5) is 42.9. The number of aromatic nitrogens is 2. The molecule has 30 heavy (non-hydrogen) atoms. The van der Waals surface area contributed by atoms with Gasteiger partial charge in [0.15, 0.2) is 0 Å². The van der Waals surface area contributed by atoms with Gasteiger partial charge in [-0.15, -0.1) is 0 Å². The first-order valence-electron chi connectivity index (χ1n) is 9.66. The van der Waals surface area contributed by atoms with Gasteiger partial charge in [0.2, 0.25) is 11.8 Å². The molecule has 2 saturated heterocycles. The van der Waals surface area contributed by atoms with Gasteiger partial charge in [-0.2, -0.15) is 5.10 Å². The molecule has 0 saturated carbocycles. The molecule has 0 radical (unpaired) electrons. The number of hydrogen-bond donors (Lipinski definition) is 1. The van der Waals surface area contributed by atoms with Crippen molar-refractivity contribution in [3.63, 3.8) is 0 Å². The number of piperazine rings is 1. The number of rotatable bonds is 2. The normalized spacial score (nSPS) is 21.4. The zero-order valence-electron chi connectivity index (χ0n) is 16.8. The molecule has 4 amide bonds. The van der Waals surface area contributed by atoms with E-state index in [9.17, 15) is 14.4 Å². The number of halogens is 1. The molecule has 1 atom stereocenters. The van der Waals surface area contributed by atoms with Crippen LogP contribution in [0.2, 0.25) is 5.02 Å². The van der Waals surface area contributed by atoms with E-state index >= 15 is 0 Å². The predicted octanol–water partition coefficient (Wildman–Crippen LogP) is 1.95. The van der Waals surface area contributed by atoms with Gasteiger partial charge in [0.05, 0.1) is 24.0 Å². The molecular formula is C20H23ClN6O3. The molecule has 0 unspecified atom stereocenters. The van der Waals surface area contributed by atoms with Crippen LogP contribution < -0.4 is 10.2 Å². The van der Waals surface area contributed by atoms with E-state index in [1.54, 1.807) is 63.1 Å². The second-order valence-electron chi connectivity index (χ2n) is 7.79. The van der Waals surface area contributed by atoms with Crippen LogP contribution in [0.25, 0.3) is 0 Å². The Bertz CT molecular complexity index is 991. The maximum atomic E-state index is 12.8. The van der Waals surface area contributed by atoms with Crippen LogP contribution in [-0.4, -0.2) is 69.1 Å².